The van der Waals surface area contributed by atoms with Crippen molar-refractivity contribution in [2.45, 2.75) is 45.7 Å². The minimum Gasteiger partial charge on any atom is -0.508 e. The van der Waals surface area contributed by atoms with Crippen LogP contribution in [0.5, 0.6) is 5.75 Å². The molecule has 1 rings (SSSR count). The molecule has 7 heteroatoms. The number of ketones is 1. The van der Waals surface area contributed by atoms with E-state index in [0.717, 1.165) is 5.56 Å². The number of phenolic OH excluding ortho intramolecular Hbond substituents is 1. The molecule has 5 N–H and O–H groups in total. The third-order valence-electron chi connectivity index (χ3n) is 4.10. The molecule has 1 amide bonds. The van der Waals surface area contributed by atoms with E-state index in [4.69, 9.17) is 10.8 Å². The number of Topliss-reactive ketones (excluding diaryl/α,β-unsaturated/α-hetero) is 1. The Bertz CT molecular complexity index is 612. The van der Waals surface area contributed by atoms with E-state index in [1.54, 1.807) is 26.0 Å². The maximum atomic E-state index is 12.4. The molecule has 0 aromatic heterocycles. The third kappa shape index (κ3) is 6.54. The van der Waals surface area contributed by atoms with Crippen molar-refractivity contribution in [1.29, 1.82) is 0 Å². The predicted octanol–water partition coefficient (Wildman–Crippen LogP) is 1.08. The zero-order valence-corrected chi connectivity index (χ0v) is 14.7. The van der Waals surface area contributed by atoms with Gasteiger partial charge in [0, 0.05) is 12.3 Å². The molecule has 0 heterocycles. The summed E-state index contributed by atoms with van der Waals surface area (Å²) in [5, 5.41) is 20.6. The molecule has 1 aromatic rings. The van der Waals surface area contributed by atoms with Crippen LogP contribution >= 0.6 is 0 Å². The highest BCUT2D eigenvalue weighted by Gasteiger charge is 2.29. The molecule has 1 aromatic carbocycles. The number of rotatable bonds is 9. The molecule has 0 bridgehead atoms. The van der Waals surface area contributed by atoms with Crippen molar-refractivity contribution >= 4 is 17.7 Å². The van der Waals surface area contributed by atoms with Crippen molar-refractivity contribution in [3.05, 3.63) is 29.8 Å². The van der Waals surface area contributed by atoms with Crippen LogP contribution in [0.3, 0.4) is 0 Å². The normalized spacial score (nSPS) is 14.6. The van der Waals surface area contributed by atoms with Gasteiger partial charge in [0.15, 0.2) is 5.78 Å². The number of phenols is 1. The van der Waals surface area contributed by atoms with Crippen LogP contribution in [0.1, 0.15) is 32.8 Å². The quantitative estimate of drug-likeness (QED) is 0.527. The number of amides is 1. The van der Waals surface area contributed by atoms with Crippen LogP contribution in [-0.2, 0) is 20.8 Å². The van der Waals surface area contributed by atoms with E-state index < -0.39 is 29.9 Å². The van der Waals surface area contributed by atoms with E-state index in [0.29, 0.717) is 6.42 Å². The number of hydrogen-bond acceptors (Lipinski definition) is 5. The second-order valence-electron chi connectivity index (χ2n) is 6.57. The Labute approximate surface area is 147 Å². The Balaban J connectivity index is 2.70. The van der Waals surface area contributed by atoms with Crippen molar-refractivity contribution in [1.82, 2.24) is 5.32 Å². The fraction of sp³-hybridized carbons (Fsp3) is 0.500. The lowest BCUT2D eigenvalue weighted by molar-refractivity contribution is -0.142. The molecule has 0 radical (unpaired) electrons. The summed E-state index contributed by atoms with van der Waals surface area (Å²) >= 11 is 0. The molecule has 0 unspecified atom stereocenters. The highest BCUT2D eigenvalue weighted by atomic mass is 16.4. The molecule has 0 saturated heterocycles. The minimum atomic E-state index is -1.13. The van der Waals surface area contributed by atoms with Gasteiger partial charge in [-0.2, -0.15) is 0 Å². The molecule has 0 fully saturated rings. The van der Waals surface area contributed by atoms with Crippen LogP contribution in [-0.4, -0.2) is 40.0 Å². The lowest BCUT2D eigenvalue weighted by atomic mass is 9.87. The standard InChI is InChI=1S/C18H26N2O5/c1-10(2)14(17(23)20-11(3)18(24)25)9-16(22)15(19)8-12-4-6-13(21)7-5-12/h4-7,10-11,14-15,21H,8-9,19H2,1-3H3,(H,20,23)(H,24,25)/t11-,14-,15-/m0/s1. The first-order chi connectivity index (χ1) is 11.6. The Morgan fingerprint density at radius 3 is 2.16 bits per heavy atom. The summed E-state index contributed by atoms with van der Waals surface area (Å²) < 4.78 is 0. The lowest BCUT2D eigenvalue weighted by Gasteiger charge is -2.22. The van der Waals surface area contributed by atoms with Crippen LogP contribution in [0.15, 0.2) is 24.3 Å². The zero-order valence-electron chi connectivity index (χ0n) is 14.7. The van der Waals surface area contributed by atoms with E-state index in [1.807, 2.05) is 0 Å². The predicted molar refractivity (Wildman–Crippen MR) is 93.0 cm³/mol. The van der Waals surface area contributed by atoms with Crippen LogP contribution in [0.25, 0.3) is 0 Å². The van der Waals surface area contributed by atoms with Gasteiger partial charge in [0.25, 0.3) is 0 Å². The topological polar surface area (TPSA) is 130 Å². The lowest BCUT2D eigenvalue weighted by Crippen LogP contribution is -2.45. The number of aliphatic carboxylic acids is 1. The molecule has 7 nitrogen and oxygen atoms in total. The molecule has 0 saturated carbocycles. The molecular formula is C18H26N2O5. The Morgan fingerprint density at radius 1 is 1.12 bits per heavy atom. The first-order valence-electron chi connectivity index (χ1n) is 8.21. The number of carboxylic acids is 1. The van der Waals surface area contributed by atoms with Crippen LogP contribution in [0.4, 0.5) is 0 Å². The molecule has 138 valence electrons. The second-order valence-corrected chi connectivity index (χ2v) is 6.57. The largest absolute Gasteiger partial charge is 0.508 e. The maximum Gasteiger partial charge on any atom is 0.325 e. The summed E-state index contributed by atoms with van der Waals surface area (Å²) in [6.07, 6.45) is 0.256. The van der Waals surface area contributed by atoms with Crippen molar-refractivity contribution < 1.29 is 24.6 Å². The van der Waals surface area contributed by atoms with Gasteiger partial charge in [0.2, 0.25) is 5.91 Å². The number of aromatic hydroxyl groups is 1. The van der Waals surface area contributed by atoms with Gasteiger partial charge < -0.3 is 21.3 Å². The summed E-state index contributed by atoms with van der Waals surface area (Å²) in [5.41, 5.74) is 6.76. The number of hydrogen-bond donors (Lipinski definition) is 4. The third-order valence-corrected chi connectivity index (χ3v) is 4.10. The first kappa shape index (κ1) is 20.6. The number of carbonyl (C=O) groups excluding carboxylic acids is 2. The van der Waals surface area contributed by atoms with Crippen LogP contribution in [0.2, 0.25) is 0 Å². The van der Waals surface area contributed by atoms with Gasteiger partial charge in [0.1, 0.15) is 11.8 Å². The monoisotopic (exact) mass is 350 g/mol. The summed E-state index contributed by atoms with van der Waals surface area (Å²) in [6.45, 7) is 4.97. The molecule has 3 atom stereocenters. The average molecular weight is 350 g/mol. The van der Waals surface area contributed by atoms with Gasteiger partial charge in [-0.15, -0.1) is 0 Å². The van der Waals surface area contributed by atoms with Crippen LogP contribution < -0.4 is 11.1 Å². The smallest absolute Gasteiger partial charge is 0.325 e. The summed E-state index contributed by atoms with van der Waals surface area (Å²) in [6, 6.07) is 4.62. The zero-order chi connectivity index (χ0) is 19.1. The van der Waals surface area contributed by atoms with E-state index in [9.17, 15) is 19.5 Å². The van der Waals surface area contributed by atoms with Gasteiger partial charge in [-0.25, -0.2) is 0 Å². The molecule has 25 heavy (non-hydrogen) atoms. The molecule has 0 aliphatic carbocycles. The Morgan fingerprint density at radius 2 is 1.68 bits per heavy atom. The minimum absolute atomic E-state index is 0.0465. The number of benzene rings is 1. The highest BCUT2D eigenvalue weighted by Crippen LogP contribution is 2.18. The van der Waals surface area contributed by atoms with E-state index in [-0.39, 0.29) is 23.9 Å². The van der Waals surface area contributed by atoms with Gasteiger partial charge in [-0.1, -0.05) is 26.0 Å². The Hall–Kier alpha value is -2.41. The average Bonchev–Trinajstić information content (AvgIpc) is 2.53. The Kier molecular flexibility index (Phi) is 7.57. The fourth-order valence-electron chi connectivity index (χ4n) is 2.38. The van der Waals surface area contributed by atoms with E-state index >= 15 is 0 Å². The molecular weight excluding hydrogens is 324 g/mol. The van der Waals surface area contributed by atoms with Crippen molar-refractivity contribution in [2.75, 3.05) is 0 Å². The van der Waals surface area contributed by atoms with Crippen molar-refractivity contribution in [3.8, 4) is 5.75 Å². The van der Waals surface area contributed by atoms with Crippen molar-refractivity contribution in [2.24, 2.45) is 17.6 Å². The fourth-order valence-corrected chi connectivity index (χ4v) is 2.38. The van der Waals surface area contributed by atoms with Crippen LogP contribution in [0, 0.1) is 11.8 Å². The highest BCUT2D eigenvalue weighted by molar-refractivity contribution is 5.91. The van der Waals surface area contributed by atoms with E-state index in [1.165, 1.54) is 19.1 Å². The molecule has 0 spiro atoms. The van der Waals surface area contributed by atoms with Gasteiger partial charge in [-0.05, 0) is 37.0 Å². The van der Waals surface area contributed by atoms with Gasteiger partial charge in [0.05, 0.1) is 6.04 Å². The number of nitrogens with one attached hydrogen (secondary N) is 1. The first-order valence-corrected chi connectivity index (χ1v) is 8.21. The molecule has 0 aliphatic heterocycles. The van der Waals surface area contributed by atoms with Crippen molar-refractivity contribution in [3.63, 3.8) is 0 Å². The summed E-state index contributed by atoms with van der Waals surface area (Å²) in [4.78, 5) is 35.5. The molecule has 0 aliphatic rings. The van der Waals surface area contributed by atoms with Gasteiger partial charge in [-0.3, -0.25) is 14.4 Å². The van der Waals surface area contributed by atoms with Gasteiger partial charge >= 0.3 is 5.97 Å². The summed E-state index contributed by atoms with van der Waals surface area (Å²) in [7, 11) is 0. The van der Waals surface area contributed by atoms with E-state index in [2.05, 4.69) is 5.32 Å². The second kappa shape index (κ2) is 9.17. The number of carboxylic acid groups (broad SMARTS) is 1. The number of carbonyl (C=O) groups is 3. The number of nitrogens with two attached hydrogens (primary N) is 1. The maximum absolute atomic E-state index is 12.4. The summed E-state index contributed by atoms with van der Waals surface area (Å²) in [5.74, 6) is -2.50. The SMILES string of the molecule is CC(C)[C@H](CC(=O)[C@@H](N)Cc1ccc(O)cc1)C(=O)N[C@@H](C)C(=O)O.